The van der Waals surface area contributed by atoms with E-state index in [1.807, 2.05) is 18.2 Å². The third-order valence-corrected chi connectivity index (χ3v) is 3.63. The van der Waals surface area contributed by atoms with Crippen molar-refractivity contribution in [2.45, 2.75) is 32.8 Å². The zero-order chi connectivity index (χ0) is 14.5. The predicted octanol–water partition coefficient (Wildman–Crippen LogP) is 1.73. The number of hydrogen-bond acceptors (Lipinski definition) is 3. The molecule has 2 unspecified atom stereocenters. The highest BCUT2D eigenvalue weighted by atomic mass is 16.5. The van der Waals surface area contributed by atoms with E-state index in [-0.39, 0.29) is 17.9 Å². The van der Waals surface area contributed by atoms with E-state index in [2.05, 4.69) is 25.2 Å². The molecule has 3 N–H and O–H groups in total. The summed E-state index contributed by atoms with van der Waals surface area (Å²) >= 11 is 0. The van der Waals surface area contributed by atoms with Crippen molar-refractivity contribution < 1.29 is 9.53 Å². The molecule has 1 aromatic rings. The van der Waals surface area contributed by atoms with Crippen LogP contribution in [0.2, 0.25) is 0 Å². The van der Waals surface area contributed by atoms with E-state index in [0.29, 0.717) is 19.0 Å². The molecule has 2 atom stereocenters. The minimum absolute atomic E-state index is 0.0359. The van der Waals surface area contributed by atoms with E-state index in [0.717, 1.165) is 18.6 Å². The molecular weight excluding hydrogens is 252 g/mol. The van der Waals surface area contributed by atoms with Gasteiger partial charge in [0.1, 0.15) is 11.9 Å². The summed E-state index contributed by atoms with van der Waals surface area (Å²) in [4.78, 5) is 12.1. The standard InChI is InChI=1S/C16H24N2O2/c1-11(2)7-13(9-17)16(19)18-10-14-8-12-5-3-4-6-15(12)20-14/h3-6,11,13-14H,7-10,17H2,1-2H3,(H,18,19). The maximum absolute atomic E-state index is 12.1. The number of nitrogens with one attached hydrogen (secondary N) is 1. The smallest absolute Gasteiger partial charge is 0.224 e. The van der Waals surface area contributed by atoms with Crippen LogP contribution in [0.5, 0.6) is 5.75 Å². The summed E-state index contributed by atoms with van der Waals surface area (Å²) in [5.41, 5.74) is 6.89. The Morgan fingerprint density at radius 2 is 2.20 bits per heavy atom. The van der Waals surface area contributed by atoms with Crippen LogP contribution in [0.25, 0.3) is 0 Å². The average Bonchev–Trinajstić information content (AvgIpc) is 2.84. The van der Waals surface area contributed by atoms with Crippen molar-refractivity contribution in [3.05, 3.63) is 29.8 Å². The minimum atomic E-state index is -0.0984. The van der Waals surface area contributed by atoms with Crippen LogP contribution in [-0.2, 0) is 11.2 Å². The average molecular weight is 276 g/mol. The molecular formula is C16H24N2O2. The van der Waals surface area contributed by atoms with Crippen LogP contribution in [0.4, 0.5) is 0 Å². The molecule has 20 heavy (non-hydrogen) atoms. The second-order valence-electron chi connectivity index (χ2n) is 5.86. The Balaban J connectivity index is 1.80. The van der Waals surface area contributed by atoms with E-state index < -0.39 is 0 Å². The number of rotatable bonds is 6. The molecule has 0 spiro atoms. The van der Waals surface area contributed by atoms with E-state index in [1.165, 1.54) is 5.56 Å². The molecule has 0 saturated carbocycles. The third kappa shape index (κ3) is 3.73. The Labute approximate surface area is 120 Å². The van der Waals surface area contributed by atoms with Gasteiger partial charge in [0, 0.05) is 13.0 Å². The topological polar surface area (TPSA) is 64.4 Å². The minimum Gasteiger partial charge on any atom is -0.488 e. The molecule has 0 saturated heterocycles. The van der Waals surface area contributed by atoms with Crippen molar-refractivity contribution in [3.8, 4) is 5.75 Å². The van der Waals surface area contributed by atoms with Crippen LogP contribution >= 0.6 is 0 Å². The van der Waals surface area contributed by atoms with Crippen LogP contribution in [0.1, 0.15) is 25.8 Å². The summed E-state index contributed by atoms with van der Waals surface area (Å²) in [6.07, 6.45) is 1.72. The van der Waals surface area contributed by atoms with Gasteiger partial charge in [0.25, 0.3) is 0 Å². The van der Waals surface area contributed by atoms with Crippen LogP contribution in [0.3, 0.4) is 0 Å². The number of carbonyl (C=O) groups is 1. The van der Waals surface area contributed by atoms with Gasteiger partial charge in [-0.1, -0.05) is 32.0 Å². The Morgan fingerprint density at radius 3 is 2.85 bits per heavy atom. The van der Waals surface area contributed by atoms with Gasteiger partial charge in [-0.15, -0.1) is 0 Å². The number of carbonyl (C=O) groups excluding carboxylic acids is 1. The second kappa shape index (κ2) is 6.75. The van der Waals surface area contributed by atoms with Crippen molar-refractivity contribution in [3.63, 3.8) is 0 Å². The number of amides is 1. The predicted molar refractivity (Wildman–Crippen MR) is 79.6 cm³/mol. The first kappa shape index (κ1) is 14.9. The maximum Gasteiger partial charge on any atom is 0.224 e. The molecule has 4 nitrogen and oxygen atoms in total. The lowest BCUT2D eigenvalue weighted by Crippen LogP contribution is -2.40. The van der Waals surface area contributed by atoms with Crippen LogP contribution in [-0.4, -0.2) is 25.1 Å². The number of hydrogen-bond donors (Lipinski definition) is 2. The van der Waals surface area contributed by atoms with Gasteiger partial charge in [-0.05, 0) is 24.0 Å². The Kier molecular flexibility index (Phi) is 5.01. The Bertz CT molecular complexity index is 435. The molecule has 4 heteroatoms. The fourth-order valence-electron chi connectivity index (χ4n) is 2.61. The lowest BCUT2D eigenvalue weighted by Gasteiger charge is -2.18. The highest BCUT2D eigenvalue weighted by molar-refractivity contribution is 5.78. The number of ether oxygens (including phenoxy) is 1. The second-order valence-corrected chi connectivity index (χ2v) is 5.86. The van der Waals surface area contributed by atoms with E-state index in [4.69, 9.17) is 10.5 Å². The van der Waals surface area contributed by atoms with Gasteiger partial charge >= 0.3 is 0 Å². The van der Waals surface area contributed by atoms with E-state index >= 15 is 0 Å². The van der Waals surface area contributed by atoms with Gasteiger partial charge in [0.15, 0.2) is 0 Å². The fourth-order valence-corrected chi connectivity index (χ4v) is 2.61. The highest BCUT2D eigenvalue weighted by Crippen LogP contribution is 2.27. The van der Waals surface area contributed by atoms with E-state index in [9.17, 15) is 4.79 Å². The summed E-state index contributed by atoms with van der Waals surface area (Å²) in [6.45, 7) is 5.15. The number of nitrogens with two attached hydrogens (primary N) is 1. The summed E-state index contributed by atoms with van der Waals surface area (Å²) in [5.74, 6) is 1.35. The first-order chi connectivity index (χ1) is 9.60. The fraction of sp³-hybridized carbons (Fsp3) is 0.562. The molecule has 0 aromatic heterocycles. The summed E-state index contributed by atoms with van der Waals surface area (Å²) in [6, 6.07) is 8.01. The van der Waals surface area contributed by atoms with Crippen LogP contribution < -0.4 is 15.8 Å². The third-order valence-electron chi connectivity index (χ3n) is 3.63. The molecule has 110 valence electrons. The molecule has 1 heterocycles. The van der Waals surface area contributed by atoms with Crippen molar-refractivity contribution in [1.29, 1.82) is 0 Å². The van der Waals surface area contributed by atoms with Crippen LogP contribution in [0.15, 0.2) is 24.3 Å². The van der Waals surface area contributed by atoms with Crippen molar-refractivity contribution in [2.24, 2.45) is 17.6 Å². The lowest BCUT2D eigenvalue weighted by molar-refractivity contribution is -0.125. The molecule has 1 aliphatic rings. The summed E-state index contributed by atoms with van der Waals surface area (Å²) in [7, 11) is 0. The first-order valence-corrected chi connectivity index (χ1v) is 7.32. The molecule has 2 rings (SSSR count). The number of para-hydroxylation sites is 1. The van der Waals surface area contributed by atoms with Gasteiger partial charge in [-0.3, -0.25) is 4.79 Å². The zero-order valence-electron chi connectivity index (χ0n) is 12.3. The van der Waals surface area contributed by atoms with E-state index in [1.54, 1.807) is 0 Å². The largest absolute Gasteiger partial charge is 0.488 e. The first-order valence-electron chi connectivity index (χ1n) is 7.32. The molecule has 0 fully saturated rings. The Morgan fingerprint density at radius 1 is 1.45 bits per heavy atom. The SMILES string of the molecule is CC(C)CC(CN)C(=O)NCC1Cc2ccccc2O1. The number of fused-ring (bicyclic) bond motifs is 1. The normalized spacial score (nSPS) is 18.5. The number of benzene rings is 1. The van der Waals surface area contributed by atoms with Crippen molar-refractivity contribution in [2.75, 3.05) is 13.1 Å². The molecule has 1 amide bonds. The quantitative estimate of drug-likeness (QED) is 0.831. The maximum atomic E-state index is 12.1. The van der Waals surface area contributed by atoms with Crippen molar-refractivity contribution in [1.82, 2.24) is 5.32 Å². The Hall–Kier alpha value is -1.55. The summed E-state index contributed by atoms with van der Waals surface area (Å²) < 4.78 is 5.81. The van der Waals surface area contributed by atoms with Gasteiger partial charge in [0.2, 0.25) is 5.91 Å². The molecule has 0 radical (unpaired) electrons. The monoisotopic (exact) mass is 276 g/mol. The van der Waals surface area contributed by atoms with Gasteiger partial charge in [0.05, 0.1) is 12.5 Å². The molecule has 0 aliphatic carbocycles. The highest BCUT2D eigenvalue weighted by Gasteiger charge is 2.24. The van der Waals surface area contributed by atoms with Gasteiger partial charge < -0.3 is 15.8 Å². The van der Waals surface area contributed by atoms with Gasteiger partial charge in [-0.2, -0.15) is 0 Å². The van der Waals surface area contributed by atoms with Crippen LogP contribution in [0, 0.1) is 11.8 Å². The lowest BCUT2D eigenvalue weighted by atomic mass is 9.96. The summed E-state index contributed by atoms with van der Waals surface area (Å²) in [5, 5.41) is 2.97. The molecule has 1 aliphatic heterocycles. The molecule has 1 aromatic carbocycles. The molecule has 0 bridgehead atoms. The van der Waals surface area contributed by atoms with Gasteiger partial charge in [-0.25, -0.2) is 0 Å². The van der Waals surface area contributed by atoms with Crippen molar-refractivity contribution >= 4 is 5.91 Å². The zero-order valence-corrected chi connectivity index (χ0v) is 12.3.